The van der Waals surface area contributed by atoms with Crippen molar-refractivity contribution >= 4 is 17.7 Å². The fourth-order valence-corrected chi connectivity index (χ4v) is 6.04. The number of benzene rings is 1. The molecule has 0 aliphatic heterocycles. The van der Waals surface area contributed by atoms with Gasteiger partial charge in [0.15, 0.2) is 0 Å². The van der Waals surface area contributed by atoms with Gasteiger partial charge in [0, 0.05) is 24.3 Å². The molecule has 1 aromatic rings. The first kappa shape index (κ1) is 17.3. The van der Waals surface area contributed by atoms with E-state index in [1.165, 1.54) is 56.7 Å². The molecule has 0 heterocycles. The smallest absolute Gasteiger partial charge is 0.270 e. The Kier molecular flexibility index (Phi) is 4.33. The Morgan fingerprint density at radius 3 is 2.42 bits per heavy atom. The number of amides is 1. The highest BCUT2D eigenvalue weighted by Gasteiger charge is 2.53. The summed E-state index contributed by atoms with van der Waals surface area (Å²) in [6.45, 7) is 2.16. The summed E-state index contributed by atoms with van der Waals surface area (Å²) in [5, 5.41) is 14.0. The fourth-order valence-electron chi connectivity index (χ4n) is 6.04. The van der Waals surface area contributed by atoms with Gasteiger partial charge in [-0.1, -0.05) is 12.1 Å². The maximum atomic E-state index is 12.4. The normalized spacial score (nSPS) is 33.3. The highest BCUT2D eigenvalue weighted by molar-refractivity contribution is 5.92. The minimum absolute atomic E-state index is 0.0366. The van der Waals surface area contributed by atoms with Crippen molar-refractivity contribution in [1.82, 2.24) is 5.32 Å². The Morgan fingerprint density at radius 2 is 1.85 bits per heavy atom. The molecule has 5 rings (SSSR count). The lowest BCUT2D eigenvalue weighted by atomic mass is 9.48. The van der Waals surface area contributed by atoms with Crippen LogP contribution in [0.5, 0.6) is 0 Å². The molecule has 4 aliphatic rings. The van der Waals surface area contributed by atoms with Gasteiger partial charge in [0.1, 0.15) is 0 Å². The maximum Gasteiger partial charge on any atom is 0.270 e. The van der Waals surface area contributed by atoms with Gasteiger partial charge in [-0.2, -0.15) is 0 Å². The van der Waals surface area contributed by atoms with Crippen molar-refractivity contribution < 1.29 is 9.72 Å². The van der Waals surface area contributed by atoms with Crippen LogP contribution in [0.15, 0.2) is 30.3 Å². The summed E-state index contributed by atoms with van der Waals surface area (Å²) in [7, 11) is 0. The number of carbonyl (C=O) groups is 1. The third-order valence-corrected chi connectivity index (χ3v) is 6.87. The van der Waals surface area contributed by atoms with Gasteiger partial charge in [0.25, 0.3) is 5.69 Å². The van der Waals surface area contributed by atoms with Crippen molar-refractivity contribution in [3.8, 4) is 0 Å². The second kappa shape index (κ2) is 6.53. The van der Waals surface area contributed by atoms with Crippen LogP contribution >= 0.6 is 0 Å². The molecule has 5 heteroatoms. The molecule has 0 aromatic heterocycles. The zero-order valence-corrected chi connectivity index (χ0v) is 15.2. The van der Waals surface area contributed by atoms with Crippen LogP contribution in [0.2, 0.25) is 0 Å². The van der Waals surface area contributed by atoms with Crippen molar-refractivity contribution in [3.05, 3.63) is 46.0 Å². The number of hydrogen-bond donors (Lipinski definition) is 1. The van der Waals surface area contributed by atoms with E-state index in [2.05, 4.69) is 12.2 Å². The monoisotopic (exact) mass is 354 g/mol. The zero-order valence-electron chi connectivity index (χ0n) is 15.2. The number of carbonyl (C=O) groups excluding carboxylic acids is 1. The third kappa shape index (κ3) is 3.27. The first-order valence-corrected chi connectivity index (χ1v) is 9.66. The van der Waals surface area contributed by atoms with Gasteiger partial charge >= 0.3 is 0 Å². The molecule has 1 unspecified atom stereocenters. The van der Waals surface area contributed by atoms with E-state index in [0.717, 1.165) is 17.8 Å². The molecular weight excluding hydrogens is 328 g/mol. The Labute approximate surface area is 154 Å². The van der Waals surface area contributed by atoms with Gasteiger partial charge in [-0.05, 0) is 80.3 Å². The van der Waals surface area contributed by atoms with E-state index < -0.39 is 4.92 Å². The summed E-state index contributed by atoms with van der Waals surface area (Å²) < 4.78 is 0. The standard InChI is InChI=1S/C21H26N2O3/c1-14(21-11-16-7-17(12-21)9-18(8-16)13-21)22-20(24)6-5-15-3-2-4-19(10-15)23(25)26/h2-6,10,14,16-18H,7-9,11-13H2,1H3,(H,22,24). The maximum absolute atomic E-state index is 12.4. The van der Waals surface area contributed by atoms with Gasteiger partial charge in [0.05, 0.1) is 4.92 Å². The van der Waals surface area contributed by atoms with E-state index in [1.807, 2.05) is 0 Å². The molecule has 1 amide bonds. The molecule has 1 N–H and O–H groups in total. The van der Waals surface area contributed by atoms with Gasteiger partial charge < -0.3 is 5.32 Å². The van der Waals surface area contributed by atoms with E-state index in [1.54, 1.807) is 18.2 Å². The van der Waals surface area contributed by atoms with Gasteiger partial charge in [-0.3, -0.25) is 14.9 Å². The molecule has 26 heavy (non-hydrogen) atoms. The zero-order chi connectivity index (χ0) is 18.3. The molecule has 1 aromatic carbocycles. The van der Waals surface area contributed by atoms with Crippen molar-refractivity contribution in [2.75, 3.05) is 0 Å². The predicted octanol–water partition coefficient (Wildman–Crippen LogP) is 4.33. The molecule has 5 nitrogen and oxygen atoms in total. The molecule has 0 radical (unpaired) electrons. The molecule has 0 saturated heterocycles. The molecule has 138 valence electrons. The third-order valence-electron chi connectivity index (χ3n) is 6.87. The van der Waals surface area contributed by atoms with Crippen molar-refractivity contribution in [3.63, 3.8) is 0 Å². The molecular formula is C21H26N2O3. The lowest BCUT2D eigenvalue weighted by molar-refractivity contribution is -0.384. The summed E-state index contributed by atoms with van der Waals surface area (Å²) in [6.07, 6.45) is 11.1. The number of nitro groups is 1. The SMILES string of the molecule is CC(NC(=O)C=Cc1cccc([N+](=O)[O-])c1)C12CC3CC(CC(C3)C1)C2. The van der Waals surface area contributed by atoms with Crippen LogP contribution in [0.3, 0.4) is 0 Å². The first-order chi connectivity index (χ1) is 12.4. The molecule has 4 saturated carbocycles. The minimum Gasteiger partial charge on any atom is -0.350 e. The average molecular weight is 354 g/mol. The van der Waals surface area contributed by atoms with E-state index >= 15 is 0 Å². The molecule has 1 atom stereocenters. The number of hydrogen-bond acceptors (Lipinski definition) is 3. The van der Waals surface area contributed by atoms with E-state index in [-0.39, 0.29) is 23.1 Å². The molecule has 4 fully saturated rings. The van der Waals surface area contributed by atoms with Gasteiger partial charge in [0.2, 0.25) is 5.91 Å². The van der Waals surface area contributed by atoms with Gasteiger partial charge in [-0.15, -0.1) is 0 Å². The number of nitro benzene ring substituents is 1. The van der Waals surface area contributed by atoms with Crippen LogP contribution in [-0.4, -0.2) is 16.9 Å². The van der Waals surface area contributed by atoms with Gasteiger partial charge in [-0.25, -0.2) is 0 Å². The Balaban J connectivity index is 1.40. The number of nitrogens with zero attached hydrogens (tertiary/aromatic N) is 1. The van der Waals surface area contributed by atoms with Crippen LogP contribution in [0.4, 0.5) is 5.69 Å². The van der Waals surface area contributed by atoms with Crippen LogP contribution in [0.25, 0.3) is 6.08 Å². The largest absolute Gasteiger partial charge is 0.350 e. The second-order valence-corrected chi connectivity index (χ2v) is 8.70. The highest BCUT2D eigenvalue weighted by atomic mass is 16.6. The van der Waals surface area contributed by atoms with E-state index in [0.29, 0.717) is 5.56 Å². The van der Waals surface area contributed by atoms with Crippen molar-refractivity contribution in [1.29, 1.82) is 0 Å². The Hall–Kier alpha value is -2.17. The minimum atomic E-state index is -0.424. The fraction of sp³-hybridized carbons (Fsp3) is 0.571. The number of non-ortho nitro benzene ring substituents is 1. The van der Waals surface area contributed by atoms with E-state index in [4.69, 9.17) is 0 Å². The van der Waals surface area contributed by atoms with Crippen LogP contribution in [0, 0.1) is 33.3 Å². The predicted molar refractivity (Wildman–Crippen MR) is 100 cm³/mol. The Morgan fingerprint density at radius 1 is 1.23 bits per heavy atom. The van der Waals surface area contributed by atoms with Crippen molar-refractivity contribution in [2.45, 2.75) is 51.5 Å². The average Bonchev–Trinajstić information content (AvgIpc) is 2.59. The summed E-state index contributed by atoms with van der Waals surface area (Å²) >= 11 is 0. The lowest BCUT2D eigenvalue weighted by Gasteiger charge is -2.59. The molecule has 4 aliphatic carbocycles. The summed E-state index contributed by atoms with van der Waals surface area (Å²) in [6, 6.07) is 6.50. The molecule has 4 bridgehead atoms. The highest BCUT2D eigenvalue weighted by Crippen LogP contribution is 2.61. The summed E-state index contributed by atoms with van der Waals surface area (Å²) in [4.78, 5) is 22.8. The quantitative estimate of drug-likeness (QED) is 0.486. The number of nitrogens with one attached hydrogen (secondary N) is 1. The topological polar surface area (TPSA) is 72.2 Å². The van der Waals surface area contributed by atoms with Crippen molar-refractivity contribution in [2.24, 2.45) is 23.2 Å². The Bertz CT molecular complexity index is 720. The van der Waals surface area contributed by atoms with Crippen LogP contribution < -0.4 is 5.32 Å². The van der Waals surface area contributed by atoms with E-state index in [9.17, 15) is 14.9 Å². The summed E-state index contributed by atoms with van der Waals surface area (Å²) in [5.41, 5.74) is 0.982. The second-order valence-electron chi connectivity index (χ2n) is 8.70. The summed E-state index contributed by atoms with van der Waals surface area (Å²) in [5.74, 6) is 2.47. The van der Waals surface area contributed by atoms with Crippen LogP contribution in [0.1, 0.15) is 51.0 Å². The van der Waals surface area contributed by atoms with Crippen LogP contribution in [-0.2, 0) is 4.79 Å². The number of rotatable bonds is 5. The molecule has 0 spiro atoms. The lowest BCUT2D eigenvalue weighted by Crippen LogP contribution is -2.55. The first-order valence-electron chi connectivity index (χ1n) is 9.66.